The number of anilines is 3. The summed E-state index contributed by atoms with van der Waals surface area (Å²) >= 11 is 0. The number of benzene rings is 2. The minimum absolute atomic E-state index is 0.0469. The van der Waals surface area contributed by atoms with E-state index in [1.165, 1.54) is 6.33 Å². The highest BCUT2D eigenvalue weighted by molar-refractivity contribution is 7.92. The third-order valence-corrected chi connectivity index (χ3v) is 4.24. The third-order valence-electron chi connectivity index (χ3n) is 3.63. The van der Waals surface area contributed by atoms with E-state index in [4.69, 9.17) is 4.74 Å². The fourth-order valence-corrected chi connectivity index (χ4v) is 3.19. The van der Waals surface area contributed by atoms with Gasteiger partial charge in [-0.1, -0.05) is 18.2 Å². The van der Waals surface area contributed by atoms with Gasteiger partial charge >= 0.3 is 0 Å². The zero-order chi connectivity index (χ0) is 20.1. The molecule has 0 saturated carbocycles. The monoisotopic (exact) mass is 398 g/mol. The number of aromatic nitrogens is 2. The van der Waals surface area contributed by atoms with Gasteiger partial charge in [0, 0.05) is 17.3 Å². The molecule has 7 nitrogen and oxygen atoms in total. The summed E-state index contributed by atoms with van der Waals surface area (Å²) in [6, 6.07) is 16.5. The maximum Gasteiger partial charge on any atom is 0.229 e. The molecule has 1 heterocycles. The Labute approximate surface area is 164 Å². The van der Waals surface area contributed by atoms with Crippen LogP contribution >= 0.6 is 0 Å². The Kier molecular flexibility index (Phi) is 5.79. The topological polar surface area (TPSA) is 93.2 Å². The highest BCUT2D eigenvalue weighted by atomic mass is 32.2. The van der Waals surface area contributed by atoms with Crippen molar-refractivity contribution >= 4 is 27.2 Å². The van der Waals surface area contributed by atoms with Crippen LogP contribution in [0.5, 0.6) is 5.75 Å². The number of hydrogen-bond donors (Lipinski definition) is 2. The predicted octanol–water partition coefficient (Wildman–Crippen LogP) is 4.05. The quantitative estimate of drug-likeness (QED) is 0.624. The van der Waals surface area contributed by atoms with Crippen LogP contribution in [-0.4, -0.2) is 30.7 Å². The lowest BCUT2D eigenvalue weighted by Gasteiger charge is -2.14. The van der Waals surface area contributed by atoms with Gasteiger partial charge in [0.05, 0.1) is 23.7 Å². The molecule has 0 amide bonds. The average molecular weight is 398 g/mol. The molecule has 2 N–H and O–H groups in total. The van der Waals surface area contributed by atoms with Gasteiger partial charge in [0.2, 0.25) is 10.0 Å². The van der Waals surface area contributed by atoms with Crippen LogP contribution in [0.3, 0.4) is 0 Å². The van der Waals surface area contributed by atoms with Gasteiger partial charge in [-0.2, -0.15) is 0 Å². The first-order chi connectivity index (χ1) is 13.3. The van der Waals surface area contributed by atoms with E-state index in [1.54, 1.807) is 18.2 Å². The first-order valence-corrected chi connectivity index (χ1v) is 10.6. The van der Waals surface area contributed by atoms with Gasteiger partial charge in [-0.05, 0) is 44.2 Å². The van der Waals surface area contributed by atoms with Crippen molar-refractivity contribution in [2.75, 3.05) is 16.3 Å². The van der Waals surface area contributed by atoms with E-state index < -0.39 is 10.0 Å². The molecule has 8 heteroatoms. The smallest absolute Gasteiger partial charge is 0.229 e. The largest absolute Gasteiger partial charge is 0.490 e. The van der Waals surface area contributed by atoms with Crippen LogP contribution in [0.15, 0.2) is 60.9 Å². The number of ether oxygens (including phenoxy) is 1. The molecule has 0 fully saturated rings. The molecule has 0 radical (unpaired) electrons. The van der Waals surface area contributed by atoms with Crippen LogP contribution in [0, 0.1) is 0 Å². The van der Waals surface area contributed by atoms with Crippen molar-refractivity contribution in [3.05, 3.63) is 60.9 Å². The zero-order valence-corrected chi connectivity index (χ0v) is 16.7. The summed E-state index contributed by atoms with van der Waals surface area (Å²) in [4.78, 5) is 8.62. The van der Waals surface area contributed by atoms with Crippen molar-refractivity contribution in [1.29, 1.82) is 0 Å². The molecule has 0 aliphatic carbocycles. The number of rotatable bonds is 7. The van der Waals surface area contributed by atoms with Gasteiger partial charge in [0.1, 0.15) is 17.9 Å². The molecule has 0 aliphatic heterocycles. The number of nitrogens with one attached hydrogen (secondary N) is 2. The van der Waals surface area contributed by atoms with Crippen molar-refractivity contribution in [2.24, 2.45) is 0 Å². The Morgan fingerprint density at radius 2 is 1.71 bits per heavy atom. The molecule has 0 atom stereocenters. The van der Waals surface area contributed by atoms with Gasteiger partial charge in [-0.25, -0.2) is 18.4 Å². The molecule has 3 rings (SSSR count). The summed E-state index contributed by atoms with van der Waals surface area (Å²) in [5.74, 6) is 1.34. The second-order valence-electron chi connectivity index (χ2n) is 6.53. The highest BCUT2D eigenvalue weighted by Gasteiger charge is 2.10. The highest BCUT2D eigenvalue weighted by Crippen LogP contribution is 2.30. The standard InChI is InChI=1S/C20H22N4O3S/c1-14(2)27-19-10-5-4-9-17(19)18-12-20(22-13-21-18)23-15-7-6-8-16(11-15)24-28(3,25)26/h4-14,24H,1-3H3,(H,21,22,23). The summed E-state index contributed by atoms with van der Waals surface area (Å²) < 4.78 is 31.2. The molecular formula is C20H22N4O3S. The molecule has 0 spiro atoms. The van der Waals surface area contributed by atoms with E-state index in [0.717, 1.165) is 23.3 Å². The zero-order valence-electron chi connectivity index (χ0n) is 15.9. The van der Waals surface area contributed by atoms with E-state index >= 15 is 0 Å². The van der Waals surface area contributed by atoms with Crippen LogP contribution in [-0.2, 0) is 10.0 Å². The third kappa shape index (κ3) is 5.43. The van der Waals surface area contributed by atoms with Gasteiger partial charge in [0.15, 0.2) is 0 Å². The fraction of sp³-hybridized carbons (Fsp3) is 0.200. The van der Waals surface area contributed by atoms with Crippen molar-refractivity contribution in [3.63, 3.8) is 0 Å². The minimum Gasteiger partial charge on any atom is -0.490 e. The summed E-state index contributed by atoms with van der Waals surface area (Å²) in [6.45, 7) is 3.95. The molecule has 146 valence electrons. The van der Waals surface area contributed by atoms with Crippen LogP contribution in [0.2, 0.25) is 0 Å². The lowest BCUT2D eigenvalue weighted by Crippen LogP contribution is -2.09. The molecule has 0 aliphatic rings. The SMILES string of the molecule is CC(C)Oc1ccccc1-c1cc(Nc2cccc(NS(C)(=O)=O)c2)ncn1. The Hall–Kier alpha value is -3.13. The lowest BCUT2D eigenvalue weighted by atomic mass is 10.1. The summed E-state index contributed by atoms with van der Waals surface area (Å²) in [5.41, 5.74) is 2.76. The summed E-state index contributed by atoms with van der Waals surface area (Å²) in [6.07, 6.45) is 2.63. The van der Waals surface area contributed by atoms with E-state index in [1.807, 2.05) is 50.2 Å². The minimum atomic E-state index is -3.34. The molecule has 2 aromatic carbocycles. The Morgan fingerprint density at radius 1 is 0.964 bits per heavy atom. The van der Waals surface area contributed by atoms with E-state index in [9.17, 15) is 8.42 Å². The van der Waals surface area contributed by atoms with Gasteiger partial charge in [-0.3, -0.25) is 4.72 Å². The molecule has 0 bridgehead atoms. The van der Waals surface area contributed by atoms with Crippen LogP contribution in [0.1, 0.15) is 13.8 Å². The first kappa shape index (κ1) is 19.6. The normalized spacial score (nSPS) is 11.3. The van der Waals surface area contributed by atoms with Crippen molar-refractivity contribution < 1.29 is 13.2 Å². The van der Waals surface area contributed by atoms with Crippen molar-refractivity contribution in [3.8, 4) is 17.0 Å². The lowest BCUT2D eigenvalue weighted by molar-refractivity contribution is 0.243. The molecule has 0 saturated heterocycles. The summed E-state index contributed by atoms with van der Waals surface area (Å²) in [5, 5.41) is 3.17. The van der Waals surface area contributed by atoms with Crippen molar-refractivity contribution in [1.82, 2.24) is 9.97 Å². The fourth-order valence-electron chi connectivity index (χ4n) is 2.63. The maximum atomic E-state index is 11.4. The predicted molar refractivity (Wildman–Crippen MR) is 111 cm³/mol. The van der Waals surface area contributed by atoms with Gasteiger partial charge < -0.3 is 10.1 Å². The molecule has 28 heavy (non-hydrogen) atoms. The summed E-state index contributed by atoms with van der Waals surface area (Å²) in [7, 11) is -3.34. The molecule has 0 unspecified atom stereocenters. The number of hydrogen-bond acceptors (Lipinski definition) is 6. The number of nitrogens with zero attached hydrogens (tertiary/aromatic N) is 2. The van der Waals surface area contributed by atoms with Crippen LogP contribution in [0.4, 0.5) is 17.2 Å². The second-order valence-corrected chi connectivity index (χ2v) is 8.28. The van der Waals surface area contributed by atoms with E-state index in [2.05, 4.69) is 20.0 Å². The number of sulfonamides is 1. The second kappa shape index (κ2) is 8.26. The average Bonchev–Trinajstić information content (AvgIpc) is 2.61. The molecular weight excluding hydrogens is 376 g/mol. The maximum absolute atomic E-state index is 11.4. The van der Waals surface area contributed by atoms with Crippen LogP contribution in [0.25, 0.3) is 11.3 Å². The molecule has 3 aromatic rings. The molecule has 1 aromatic heterocycles. The van der Waals surface area contributed by atoms with Crippen LogP contribution < -0.4 is 14.8 Å². The van der Waals surface area contributed by atoms with Gasteiger partial charge in [0.25, 0.3) is 0 Å². The van der Waals surface area contributed by atoms with E-state index in [-0.39, 0.29) is 6.10 Å². The number of para-hydroxylation sites is 1. The Morgan fingerprint density at radius 3 is 2.46 bits per heavy atom. The Balaban J connectivity index is 1.86. The first-order valence-electron chi connectivity index (χ1n) is 8.73. The van der Waals surface area contributed by atoms with E-state index in [0.29, 0.717) is 17.2 Å². The Bertz CT molecular complexity index is 1070. The van der Waals surface area contributed by atoms with Crippen molar-refractivity contribution in [2.45, 2.75) is 20.0 Å². The van der Waals surface area contributed by atoms with Gasteiger partial charge in [-0.15, -0.1) is 0 Å².